The molecule has 0 amide bonds. The first-order valence-corrected chi connectivity index (χ1v) is 7.99. The smallest absolute Gasteiger partial charge is 0.255 e. The van der Waals surface area contributed by atoms with Gasteiger partial charge >= 0.3 is 0 Å². The molecule has 3 nitrogen and oxygen atoms in total. The second kappa shape index (κ2) is 6.28. The fourth-order valence-electron chi connectivity index (χ4n) is 1.86. The molecule has 2 aromatic rings. The van der Waals surface area contributed by atoms with Crippen molar-refractivity contribution in [3.8, 4) is 0 Å². The Morgan fingerprint density at radius 3 is 2.38 bits per heavy atom. The SMILES string of the molecule is Cn1cc(C(=O)c2cccc(I)c2)cc1C(=O)C(Cl)(Cl)Cl. The number of aromatic nitrogens is 1. The average Bonchev–Trinajstić information content (AvgIpc) is 2.78. The zero-order valence-electron chi connectivity index (χ0n) is 10.7. The van der Waals surface area contributed by atoms with Crippen LogP contribution in [0.15, 0.2) is 36.5 Å². The van der Waals surface area contributed by atoms with Crippen molar-refractivity contribution in [2.75, 3.05) is 0 Å². The Balaban J connectivity index is 2.39. The molecule has 0 spiro atoms. The van der Waals surface area contributed by atoms with E-state index in [-0.39, 0.29) is 11.5 Å². The third kappa shape index (κ3) is 3.80. The molecule has 1 aromatic heterocycles. The number of ketones is 2. The lowest BCUT2D eigenvalue weighted by Gasteiger charge is -2.09. The molecule has 0 unspecified atom stereocenters. The van der Waals surface area contributed by atoms with Crippen molar-refractivity contribution < 1.29 is 9.59 Å². The Hall–Kier alpha value is -0.560. The molecule has 0 aliphatic rings. The number of carbonyl (C=O) groups excluding carboxylic acids is 2. The van der Waals surface area contributed by atoms with Crippen molar-refractivity contribution in [2.45, 2.75) is 3.79 Å². The standard InChI is InChI=1S/C14H9Cl3INO2/c1-19-7-9(6-11(19)13(21)14(15,16)17)12(20)8-3-2-4-10(18)5-8/h2-7H,1H3. The maximum absolute atomic E-state index is 12.4. The first kappa shape index (κ1) is 16.8. The van der Waals surface area contributed by atoms with Gasteiger partial charge in [-0.3, -0.25) is 9.59 Å². The maximum atomic E-state index is 12.4. The van der Waals surface area contributed by atoms with E-state index in [0.717, 1.165) is 3.57 Å². The van der Waals surface area contributed by atoms with Crippen LogP contribution in [0.4, 0.5) is 0 Å². The molecule has 110 valence electrons. The molecule has 0 saturated heterocycles. The molecule has 0 atom stereocenters. The number of hydrogen-bond donors (Lipinski definition) is 0. The van der Waals surface area contributed by atoms with E-state index in [9.17, 15) is 9.59 Å². The summed E-state index contributed by atoms with van der Waals surface area (Å²) in [6, 6.07) is 8.61. The molecule has 21 heavy (non-hydrogen) atoms. The van der Waals surface area contributed by atoms with Crippen LogP contribution in [0, 0.1) is 3.57 Å². The van der Waals surface area contributed by atoms with Gasteiger partial charge in [0.1, 0.15) is 0 Å². The molecule has 0 saturated carbocycles. The van der Waals surface area contributed by atoms with Gasteiger partial charge in [-0.1, -0.05) is 46.9 Å². The Morgan fingerprint density at radius 1 is 1.14 bits per heavy atom. The summed E-state index contributed by atoms with van der Waals surface area (Å²) in [6.07, 6.45) is 1.55. The lowest BCUT2D eigenvalue weighted by Crippen LogP contribution is -2.21. The number of aryl methyl sites for hydroxylation is 1. The van der Waals surface area contributed by atoms with Gasteiger partial charge in [-0.05, 0) is 40.8 Å². The third-order valence-electron chi connectivity index (χ3n) is 2.84. The predicted molar refractivity (Wildman–Crippen MR) is 92.6 cm³/mol. The van der Waals surface area contributed by atoms with E-state index in [2.05, 4.69) is 22.6 Å². The molecule has 0 bridgehead atoms. The van der Waals surface area contributed by atoms with Crippen LogP contribution in [0.5, 0.6) is 0 Å². The monoisotopic (exact) mass is 455 g/mol. The van der Waals surface area contributed by atoms with E-state index in [0.29, 0.717) is 11.1 Å². The summed E-state index contributed by atoms with van der Waals surface area (Å²) in [5.41, 5.74) is 1.08. The first-order valence-electron chi connectivity index (χ1n) is 5.78. The summed E-state index contributed by atoms with van der Waals surface area (Å²) >= 11 is 18.9. The van der Waals surface area contributed by atoms with Crippen LogP contribution in [0.2, 0.25) is 0 Å². The molecule has 1 aromatic carbocycles. The van der Waals surface area contributed by atoms with E-state index < -0.39 is 9.58 Å². The van der Waals surface area contributed by atoms with Crippen LogP contribution >= 0.6 is 57.4 Å². The van der Waals surface area contributed by atoms with Crippen LogP contribution in [-0.4, -0.2) is 19.9 Å². The van der Waals surface area contributed by atoms with Crippen molar-refractivity contribution in [2.24, 2.45) is 7.05 Å². The van der Waals surface area contributed by atoms with E-state index in [1.807, 2.05) is 6.07 Å². The largest absolute Gasteiger partial charge is 0.347 e. The Kier molecular flexibility index (Phi) is 5.03. The molecule has 7 heteroatoms. The third-order valence-corrected chi connectivity index (χ3v) is 4.03. The van der Waals surface area contributed by atoms with Gasteiger partial charge in [-0.2, -0.15) is 0 Å². The van der Waals surface area contributed by atoms with Gasteiger partial charge in [-0.25, -0.2) is 0 Å². The van der Waals surface area contributed by atoms with Gasteiger partial charge in [0.15, 0.2) is 5.78 Å². The highest BCUT2D eigenvalue weighted by molar-refractivity contribution is 14.1. The first-order chi connectivity index (χ1) is 9.70. The number of nitrogens with zero attached hydrogens (tertiary/aromatic N) is 1. The normalized spacial score (nSPS) is 11.5. The Morgan fingerprint density at radius 2 is 1.81 bits per heavy atom. The zero-order chi connectivity index (χ0) is 15.8. The minimum Gasteiger partial charge on any atom is -0.347 e. The summed E-state index contributed by atoms with van der Waals surface area (Å²) in [4.78, 5) is 24.4. The molecule has 0 aliphatic heterocycles. The quantitative estimate of drug-likeness (QED) is 0.390. The lowest BCUT2D eigenvalue weighted by molar-refractivity contribution is 0.0988. The number of rotatable bonds is 3. The number of halogens is 4. The van der Waals surface area contributed by atoms with Crippen LogP contribution < -0.4 is 0 Å². The molecular formula is C14H9Cl3INO2. The molecule has 0 aliphatic carbocycles. The highest BCUT2D eigenvalue weighted by Gasteiger charge is 2.34. The predicted octanol–water partition coefficient (Wildman–Crippen LogP) is 4.41. The maximum Gasteiger partial charge on any atom is 0.255 e. The summed E-state index contributed by atoms with van der Waals surface area (Å²) in [6.45, 7) is 0. The fourth-order valence-corrected chi connectivity index (χ4v) is 2.69. The van der Waals surface area contributed by atoms with E-state index in [1.165, 1.54) is 10.6 Å². The summed E-state index contributed by atoms with van der Waals surface area (Å²) in [5, 5.41) is 0. The van der Waals surface area contributed by atoms with Gasteiger partial charge in [0.05, 0.1) is 5.69 Å². The highest BCUT2D eigenvalue weighted by atomic mass is 127. The number of benzene rings is 1. The zero-order valence-corrected chi connectivity index (χ0v) is 15.2. The second-order valence-corrected chi connectivity index (χ2v) is 7.92. The second-order valence-electron chi connectivity index (χ2n) is 4.39. The molecule has 0 N–H and O–H groups in total. The van der Waals surface area contributed by atoms with E-state index in [1.54, 1.807) is 31.4 Å². The highest BCUT2D eigenvalue weighted by Crippen LogP contribution is 2.31. The molecule has 1 heterocycles. The van der Waals surface area contributed by atoms with Crippen LogP contribution in [0.1, 0.15) is 26.4 Å². The van der Waals surface area contributed by atoms with Crippen molar-refractivity contribution in [3.63, 3.8) is 0 Å². The molecule has 0 fully saturated rings. The fraction of sp³-hybridized carbons (Fsp3) is 0.143. The van der Waals surface area contributed by atoms with Crippen LogP contribution in [0.3, 0.4) is 0 Å². The molecule has 2 rings (SSSR count). The summed E-state index contributed by atoms with van der Waals surface area (Å²) in [5.74, 6) is -0.857. The number of hydrogen-bond acceptors (Lipinski definition) is 2. The van der Waals surface area contributed by atoms with E-state index >= 15 is 0 Å². The number of carbonyl (C=O) groups is 2. The van der Waals surface area contributed by atoms with Gasteiger partial charge < -0.3 is 4.57 Å². The summed E-state index contributed by atoms with van der Waals surface area (Å²) < 4.78 is 0.381. The van der Waals surface area contributed by atoms with Crippen molar-refractivity contribution >= 4 is 69.0 Å². The number of Topliss-reactive ketones (excluding diaryl/α,β-unsaturated/α-hetero) is 1. The van der Waals surface area contributed by atoms with Crippen LogP contribution in [0.25, 0.3) is 0 Å². The Labute approximate surface area is 150 Å². The van der Waals surface area contributed by atoms with Gasteiger partial charge in [0.25, 0.3) is 3.79 Å². The lowest BCUT2D eigenvalue weighted by atomic mass is 10.1. The average molecular weight is 456 g/mol. The molecular weight excluding hydrogens is 447 g/mol. The minimum absolute atomic E-state index is 0.170. The van der Waals surface area contributed by atoms with Crippen molar-refractivity contribution in [3.05, 3.63) is 56.9 Å². The van der Waals surface area contributed by atoms with Crippen molar-refractivity contribution in [1.29, 1.82) is 0 Å². The van der Waals surface area contributed by atoms with E-state index in [4.69, 9.17) is 34.8 Å². The molecule has 0 radical (unpaired) electrons. The van der Waals surface area contributed by atoms with Crippen LogP contribution in [-0.2, 0) is 7.05 Å². The topological polar surface area (TPSA) is 39.1 Å². The summed E-state index contributed by atoms with van der Waals surface area (Å²) in [7, 11) is 1.62. The van der Waals surface area contributed by atoms with Crippen molar-refractivity contribution in [1.82, 2.24) is 4.57 Å². The minimum atomic E-state index is -2.05. The number of alkyl halides is 3. The Bertz CT molecular complexity index is 719. The van der Waals surface area contributed by atoms with Gasteiger partial charge in [0, 0.05) is 27.9 Å². The van der Waals surface area contributed by atoms with Gasteiger partial charge in [0.2, 0.25) is 5.78 Å². The van der Waals surface area contributed by atoms with Gasteiger partial charge in [-0.15, -0.1) is 0 Å².